The van der Waals surface area contributed by atoms with Gasteiger partial charge in [0, 0.05) is 0 Å². The number of rotatable bonds is 5. The van der Waals surface area contributed by atoms with Gasteiger partial charge in [0.15, 0.2) is 6.61 Å². The first-order chi connectivity index (χ1) is 9.53. The molecule has 0 atom stereocenters. The molecule has 0 unspecified atom stereocenters. The van der Waals surface area contributed by atoms with Gasteiger partial charge in [-0.1, -0.05) is 30.3 Å². The predicted molar refractivity (Wildman–Crippen MR) is 64.4 cm³/mol. The largest absolute Gasteiger partial charge is 0.473 e. The van der Waals surface area contributed by atoms with E-state index in [1.807, 2.05) is 30.3 Å². The Hall–Kier alpha value is -2.31. The maximum absolute atomic E-state index is 12.0. The van der Waals surface area contributed by atoms with E-state index in [9.17, 15) is 13.2 Å². The van der Waals surface area contributed by atoms with Crippen LogP contribution in [0.25, 0.3) is 0 Å². The lowest BCUT2D eigenvalue weighted by Gasteiger charge is -2.09. The Labute approximate surface area is 113 Å². The molecule has 0 spiro atoms. The summed E-state index contributed by atoms with van der Waals surface area (Å²) in [5, 5.41) is 0. The van der Waals surface area contributed by atoms with Crippen LogP contribution >= 0.6 is 0 Å². The highest BCUT2D eigenvalue weighted by Gasteiger charge is 2.28. The Morgan fingerprint density at radius 1 is 0.950 bits per heavy atom. The zero-order valence-electron chi connectivity index (χ0n) is 10.3. The summed E-state index contributed by atoms with van der Waals surface area (Å²) >= 11 is 0. The van der Waals surface area contributed by atoms with E-state index in [1.54, 1.807) is 0 Å². The average molecular weight is 284 g/mol. The smallest absolute Gasteiger partial charge is 0.422 e. The summed E-state index contributed by atoms with van der Waals surface area (Å²) in [5.41, 5.74) is 0.920. The second kappa shape index (κ2) is 6.23. The molecule has 0 amide bonds. The molecule has 0 aliphatic rings. The molecule has 20 heavy (non-hydrogen) atoms. The van der Waals surface area contributed by atoms with Crippen molar-refractivity contribution in [2.75, 3.05) is 6.61 Å². The van der Waals surface area contributed by atoms with Crippen molar-refractivity contribution in [1.82, 2.24) is 9.97 Å². The molecular formula is C13H11F3N2O2. The van der Waals surface area contributed by atoms with Crippen molar-refractivity contribution in [3.05, 3.63) is 48.3 Å². The molecule has 4 nitrogen and oxygen atoms in total. The first kappa shape index (κ1) is 14.1. The van der Waals surface area contributed by atoms with Crippen LogP contribution in [0.2, 0.25) is 0 Å². The third kappa shape index (κ3) is 4.75. The van der Waals surface area contributed by atoms with Crippen LogP contribution in [0.3, 0.4) is 0 Å². The SMILES string of the molecule is FC(F)(F)COc1cc(OCc2ccccc2)ncn1. The summed E-state index contributed by atoms with van der Waals surface area (Å²) in [6.45, 7) is -1.14. The molecular weight excluding hydrogens is 273 g/mol. The summed E-state index contributed by atoms with van der Waals surface area (Å²) in [7, 11) is 0. The monoisotopic (exact) mass is 284 g/mol. The van der Waals surface area contributed by atoms with E-state index in [2.05, 4.69) is 14.7 Å². The Morgan fingerprint density at radius 2 is 1.60 bits per heavy atom. The van der Waals surface area contributed by atoms with Gasteiger partial charge in [-0.2, -0.15) is 13.2 Å². The minimum absolute atomic E-state index is 0.154. The number of aromatic nitrogens is 2. The van der Waals surface area contributed by atoms with Crippen molar-refractivity contribution in [1.29, 1.82) is 0 Å². The molecule has 2 aromatic rings. The number of ether oxygens (including phenoxy) is 2. The zero-order chi connectivity index (χ0) is 14.4. The van der Waals surface area contributed by atoms with Crippen LogP contribution in [0.4, 0.5) is 13.2 Å². The second-order valence-electron chi connectivity index (χ2n) is 3.87. The number of hydrogen-bond acceptors (Lipinski definition) is 4. The van der Waals surface area contributed by atoms with Crippen LogP contribution in [0.15, 0.2) is 42.7 Å². The summed E-state index contributed by atoms with van der Waals surface area (Å²) in [5.74, 6) is -0.0265. The molecule has 0 aliphatic carbocycles. The van der Waals surface area contributed by atoms with Crippen molar-refractivity contribution in [2.24, 2.45) is 0 Å². The summed E-state index contributed by atoms with van der Waals surface area (Å²) in [4.78, 5) is 7.39. The molecule has 0 aliphatic heterocycles. The van der Waals surface area contributed by atoms with E-state index in [4.69, 9.17) is 4.74 Å². The molecule has 1 heterocycles. The lowest BCUT2D eigenvalue weighted by atomic mass is 10.2. The summed E-state index contributed by atoms with van der Waals surface area (Å²) in [6.07, 6.45) is -3.32. The number of hydrogen-bond donors (Lipinski definition) is 0. The molecule has 2 rings (SSSR count). The Bertz CT molecular complexity index is 547. The molecule has 7 heteroatoms. The molecule has 1 aromatic carbocycles. The van der Waals surface area contributed by atoms with Gasteiger partial charge in [-0.25, -0.2) is 9.97 Å². The number of halogens is 3. The summed E-state index contributed by atoms with van der Waals surface area (Å²) in [6, 6.07) is 10.5. The molecule has 0 fully saturated rings. The highest BCUT2D eigenvalue weighted by atomic mass is 19.4. The average Bonchev–Trinajstić information content (AvgIpc) is 2.44. The van der Waals surface area contributed by atoms with E-state index in [-0.39, 0.29) is 18.4 Å². The van der Waals surface area contributed by atoms with Gasteiger partial charge >= 0.3 is 6.18 Å². The van der Waals surface area contributed by atoms with Crippen LogP contribution in [-0.2, 0) is 6.61 Å². The molecule has 0 N–H and O–H groups in total. The summed E-state index contributed by atoms with van der Waals surface area (Å²) < 4.78 is 45.9. The molecule has 0 bridgehead atoms. The van der Waals surface area contributed by atoms with Crippen LogP contribution < -0.4 is 9.47 Å². The maximum Gasteiger partial charge on any atom is 0.422 e. The van der Waals surface area contributed by atoms with Gasteiger partial charge in [-0.3, -0.25) is 0 Å². The quantitative estimate of drug-likeness (QED) is 0.846. The van der Waals surface area contributed by atoms with E-state index >= 15 is 0 Å². The number of alkyl halides is 3. The van der Waals surface area contributed by atoms with Gasteiger partial charge in [0.1, 0.15) is 12.9 Å². The first-order valence-corrected chi connectivity index (χ1v) is 5.71. The fourth-order valence-corrected chi connectivity index (χ4v) is 1.37. The van der Waals surface area contributed by atoms with Crippen molar-refractivity contribution < 1.29 is 22.6 Å². The third-order valence-corrected chi connectivity index (χ3v) is 2.23. The number of benzene rings is 1. The zero-order valence-corrected chi connectivity index (χ0v) is 10.3. The lowest BCUT2D eigenvalue weighted by molar-refractivity contribution is -0.154. The van der Waals surface area contributed by atoms with Gasteiger partial charge in [0.05, 0.1) is 6.07 Å². The molecule has 1 aromatic heterocycles. The first-order valence-electron chi connectivity index (χ1n) is 5.71. The van der Waals surface area contributed by atoms with Crippen molar-refractivity contribution >= 4 is 0 Å². The van der Waals surface area contributed by atoms with Gasteiger partial charge in [0.25, 0.3) is 0 Å². The minimum atomic E-state index is -4.41. The van der Waals surface area contributed by atoms with E-state index in [0.29, 0.717) is 0 Å². The minimum Gasteiger partial charge on any atom is -0.473 e. The molecule has 106 valence electrons. The van der Waals surface area contributed by atoms with Crippen molar-refractivity contribution in [3.63, 3.8) is 0 Å². The Morgan fingerprint density at radius 3 is 2.25 bits per heavy atom. The normalized spacial score (nSPS) is 11.2. The third-order valence-electron chi connectivity index (χ3n) is 2.23. The van der Waals surface area contributed by atoms with Crippen LogP contribution in [0.5, 0.6) is 11.8 Å². The van der Waals surface area contributed by atoms with Crippen LogP contribution in [0, 0.1) is 0 Å². The highest BCUT2D eigenvalue weighted by Crippen LogP contribution is 2.19. The molecule has 0 radical (unpaired) electrons. The van der Waals surface area contributed by atoms with Crippen LogP contribution in [-0.4, -0.2) is 22.8 Å². The van der Waals surface area contributed by atoms with E-state index in [1.165, 1.54) is 6.07 Å². The Kier molecular flexibility index (Phi) is 4.39. The fraction of sp³-hybridized carbons (Fsp3) is 0.231. The molecule has 0 saturated carbocycles. The number of nitrogens with zero attached hydrogens (tertiary/aromatic N) is 2. The van der Waals surface area contributed by atoms with Gasteiger partial charge < -0.3 is 9.47 Å². The van der Waals surface area contributed by atoms with Crippen molar-refractivity contribution in [3.8, 4) is 11.8 Å². The predicted octanol–water partition coefficient (Wildman–Crippen LogP) is 3.00. The lowest BCUT2D eigenvalue weighted by Crippen LogP contribution is -2.19. The van der Waals surface area contributed by atoms with Crippen molar-refractivity contribution in [2.45, 2.75) is 12.8 Å². The highest BCUT2D eigenvalue weighted by molar-refractivity contribution is 5.19. The second-order valence-corrected chi connectivity index (χ2v) is 3.87. The van der Waals surface area contributed by atoms with Gasteiger partial charge in [-0.15, -0.1) is 0 Å². The van der Waals surface area contributed by atoms with Crippen LogP contribution in [0.1, 0.15) is 5.56 Å². The van der Waals surface area contributed by atoms with Gasteiger partial charge in [0.2, 0.25) is 11.8 Å². The Balaban J connectivity index is 1.92. The maximum atomic E-state index is 12.0. The van der Waals surface area contributed by atoms with E-state index < -0.39 is 12.8 Å². The topological polar surface area (TPSA) is 44.2 Å². The van der Waals surface area contributed by atoms with Gasteiger partial charge in [-0.05, 0) is 5.56 Å². The fourth-order valence-electron chi connectivity index (χ4n) is 1.37. The standard InChI is InChI=1S/C13H11F3N2O2/c14-13(15,16)8-20-12-6-11(17-9-18-12)19-7-10-4-2-1-3-5-10/h1-6,9H,7-8H2. The van der Waals surface area contributed by atoms with E-state index in [0.717, 1.165) is 11.9 Å². The molecule has 0 saturated heterocycles.